The van der Waals surface area contributed by atoms with Gasteiger partial charge in [0.25, 0.3) is 0 Å². The first kappa shape index (κ1) is 17.0. The molecule has 1 fully saturated rings. The van der Waals surface area contributed by atoms with Gasteiger partial charge >= 0.3 is 18.0 Å². The summed E-state index contributed by atoms with van der Waals surface area (Å²) in [6, 6.07) is 3.62. The van der Waals surface area contributed by atoms with Crippen molar-refractivity contribution < 1.29 is 32.6 Å². The van der Waals surface area contributed by atoms with Crippen molar-refractivity contribution >= 4 is 17.7 Å². The van der Waals surface area contributed by atoms with E-state index in [4.69, 9.17) is 9.47 Å². The smallest absolute Gasteiger partial charge is 0.414 e. The molecule has 1 aliphatic rings. The lowest BCUT2D eigenvalue weighted by Crippen LogP contribution is -2.29. The summed E-state index contributed by atoms with van der Waals surface area (Å²) in [7, 11) is 1.20. The average Bonchev–Trinajstić information content (AvgIpc) is 2.85. The number of ether oxygens (including phenoxy) is 3. The van der Waals surface area contributed by atoms with Crippen LogP contribution in [0.5, 0.6) is 5.75 Å². The Morgan fingerprint density at radius 2 is 2.17 bits per heavy atom. The highest BCUT2D eigenvalue weighted by Gasteiger charge is 2.45. The first-order valence-electron chi connectivity index (χ1n) is 7.03. The van der Waals surface area contributed by atoms with Crippen LogP contribution >= 0.6 is 0 Å². The third-order valence-corrected chi connectivity index (χ3v) is 3.33. The Balaban J connectivity index is 2.37. The van der Waals surface area contributed by atoms with Crippen LogP contribution in [-0.2, 0) is 20.2 Å². The van der Waals surface area contributed by atoms with Crippen LogP contribution in [0.15, 0.2) is 18.2 Å². The number of carbonyl (C=O) groups excluding carboxylic acids is 2. The molecule has 1 saturated heterocycles. The van der Waals surface area contributed by atoms with E-state index in [0.29, 0.717) is 12.2 Å². The van der Waals surface area contributed by atoms with Gasteiger partial charge in [0, 0.05) is 6.07 Å². The minimum Gasteiger partial charge on any atom is -0.496 e. The Kier molecular flexibility index (Phi) is 4.72. The molecule has 1 aromatic carbocycles. The highest BCUT2D eigenvalue weighted by Crippen LogP contribution is 2.38. The molecule has 8 heteroatoms. The second-order valence-electron chi connectivity index (χ2n) is 4.98. The molecule has 0 radical (unpaired) electrons. The Morgan fingerprint density at radius 1 is 1.48 bits per heavy atom. The number of carbonyl (C=O) groups is 2. The number of anilines is 1. The summed E-state index contributed by atoms with van der Waals surface area (Å²) >= 11 is 0. The van der Waals surface area contributed by atoms with Gasteiger partial charge in [-0.2, -0.15) is 8.78 Å². The number of methoxy groups -OCH3 is 1. The van der Waals surface area contributed by atoms with Crippen LogP contribution in [0.1, 0.15) is 19.4 Å². The predicted molar refractivity (Wildman–Crippen MR) is 76.8 cm³/mol. The van der Waals surface area contributed by atoms with Crippen molar-refractivity contribution in [2.24, 2.45) is 0 Å². The quantitative estimate of drug-likeness (QED) is 0.777. The van der Waals surface area contributed by atoms with Crippen LogP contribution in [0.2, 0.25) is 0 Å². The third-order valence-electron chi connectivity index (χ3n) is 3.33. The summed E-state index contributed by atoms with van der Waals surface area (Å²) < 4.78 is 42.7. The van der Waals surface area contributed by atoms with E-state index in [1.807, 2.05) is 0 Å². The van der Waals surface area contributed by atoms with Gasteiger partial charge in [-0.3, -0.25) is 4.90 Å². The molecule has 0 N–H and O–H groups in total. The molecule has 1 heterocycles. The lowest BCUT2D eigenvalue weighted by atomic mass is 10.1. The molecule has 1 amide bonds. The highest BCUT2D eigenvalue weighted by atomic mass is 19.3. The molecular weight excluding hydrogens is 312 g/mol. The molecule has 1 aromatic rings. The number of cyclic esters (lactones) is 1. The van der Waals surface area contributed by atoms with Gasteiger partial charge < -0.3 is 14.2 Å². The molecule has 1 aliphatic heterocycles. The molecule has 0 spiro atoms. The van der Waals surface area contributed by atoms with Gasteiger partial charge in [0.15, 0.2) is 0 Å². The number of rotatable bonds is 5. The minimum absolute atomic E-state index is 0.160. The summed E-state index contributed by atoms with van der Waals surface area (Å²) in [4.78, 5) is 24.5. The van der Waals surface area contributed by atoms with Gasteiger partial charge in [0.05, 0.1) is 31.5 Å². The fourth-order valence-electron chi connectivity index (χ4n) is 2.25. The fraction of sp³-hybridized carbons (Fsp3) is 0.467. The van der Waals surface area contributed by atoms with Crippen molar-refractivity contribution in [2.75, 3.05) is 25.2 Å². The van der Waals surface area contributed by atoms with E-state index in [2.05, 4.69) is 4.74 Å². The summed E-state index contributed by atoms with van der Waals surface area (Å²) in [5.74, 6) is -5.72. The molecule has 126 valence electrons. The Bertz CT molecular complexity index is 620. The largest absolute Gasteiger partial charge is 0.496 e. The van der Waals surface area contributed by atoms with Crippen LogP contribution in [0.4, 0.5) is 19.3 Å². The topological polar surface area (TPSA) is 65.1 Å². The molecule has 2 rings (SSSR count). The van der Waals surface area contributed by atoms with Crippen LogP contribution in [0.25, 0.3) is 0 Å². The highest BCUT2D eigenvalue weighted by molar-refractivity contribution is 5.90. The SMILES string of the molecule is CCOC(=O)C(F)(F)c1ccc(N2CC(C)OC2=O)cc1OC. The van der Waals surface area contributed by atoms with Gasteiger partial charge in [-0.15, -0.1) is 0 Å². The van der Waals surface area contributed by atoms with Crippen molar-refractivity contribution in [3.63, 3.8) is 0 Å². The van der Waals surface area contributed by atoms with Crippen molar-refractivity contribution in [1.82, 2.24) is 0 Å². The van der Waals surface area contributed by atoms with E-state index >= 15 is 0 Å². The van der Waals surface area contributed by atoms with Gasteiger partial charge in [-0.1, -0.05) is 0 Å². The summed E-state index contributed by atoms with van der Waals surface area (Å²) in [6.07, 6.45) is -0.862. The molecule has 6 nitrogen and oxygen atoms in total. The first-order valence-corrected chi connectivity index (χ1v) is 7.03. The molecule has 0 saturated carbocycles. The number of hydrogen-bond acceptors (Lipinski definition) is 5. The van der Waals surface area contributed by atoms with Gasteiger partial charge in [0.1, 0.15) is 11.9 Å². The minimum atomic E-state index is -3.85. The number of alkyl halides is 2. The monoisotopic (exact) mass is 329 g/mol. The summed E-state index contributed by atoms with van der Waals surface area (Å²) in [5, 5.41) is 0. The predicted octanol–water partition coefficient (Wildman–Crippen LogP) is 2.70. The summed E-state index contributed by atoms with van der Waals surface area (Å²) in [5.41, 5.74) is -0.276. The van der Waals surface area contributed by atoms with E-state index in [1.165, 1.54) is 31.1 Å². The number of esters is 1. The second-order valence-corrected chi connectivity index (χ2v) is 4.98. The second kappa shape index (κ2) is 6.39. The zero-order valence-electron chi connectivity index (χ0n) is 13.0. The van der Waals surface area contributed by atoms with E-state index < -0.39 is 23.5 Å². The lowest BCUT2D eigenvalue weighted by Gasteiger charge is -2.20. The standard InChI is InChI=1S/C15H17F2NO5/c1-4-22-13(19)15(16,17)11-6-5-10(7-12(11)21-3)18-8-9(2)23-14(18)20/h5-7,9H,4,8H2,1-3H3. The van der Waals surface area contributed by atoms with Crippen LogP contribution in [0, 0.1) is 0 Å². The fourth-order valence-corrected chi connectivity index (χ4v) is 2.25. The number of benzene rings is 1. The van der Waals surface area contributed by atoms with E-state index in [-0.39, 0.29) is 18.5 Å². The molecule has 0 aliphatic carbocycles. The van der Waals surface area contributed by atoms with Crippen LogP contribution < -0.4 is 9.64 Å². The maximum Gasteiger partial charge on any atom is 0.414 e. The third kappa shape index (κ3) is 3.20. The van der Waals surface area contributed by atoms with Gasteiger partial charge in [-0.05, 0) is 26.0 Å². The maximum absolute atomic E-state index is 14.2. The van der Waals surface area contributed by atoms with Gasteiger partial charge in [-0.25, -0.2) is 9.59 Å². The molecular formula is C15H17F2NO5. The van der Waals surface area contributed by atoms with E-state index in [9.17, 15) is 18.4 Å². The maximum atomic E-state index is 14.2. The van der Waals surface area contributed by atoms with Crippen LogP contribution in [0.3, 0.4) is 0 Å². The van der Waals surface area contributed by atoms with Gasteiger partial charge in [0.2, 0.25) is 0 Å². The number of hydrogen-bond donors (Lipinski definition) is 0. The Labute approximate surface area is 131 Å². The van der Waals surface area contributed by atoms with Crippen molar-refractivity contribution in [2.45, 2.75) is 25.9 Å². The zero-order valence-corrected chi connectivity index (χ0v) is 13.0. The Morgan fingerprint density at radius 3 is 2.70 bits per heavy atom. The average molecular weight is 329 g/mol. The van der Waals surface area contributed by atoms with E-state index in [0.717, 1.165) is 6.07 Å². The van der Waals surface area contributed by atoms with Crippen molar-refractivity contribution in [3.8, 4) is 5.75 Å². The lowest BCUT2D eigenvalue weighted by molar-refractivity contribution is -0.173. The number of halogens is 2. The molecule has 0 aromatic heterocycles. The zero-order chi connectivity index (χ0) is 17.2. The molecule has 0 bridgehead atoms. The molecule has 23 heavy (non-hydrogen) atoms. The van der Waals surface area contributed by atoms with Crippen LogP contribution in [-0.4, -0.2) is 38.4 Å². The normalized spacial score (nSPS) is 17.9. The summed E-state index contributed by atoms with van der Waals surface area (Å²) in [6.45, 7) is 3.30. The number of amides is 1. The number of nitrogens with zero attached hydrogens (tertiary/aromatic N) is 1. The van der Waals surface area contributed by atoms with Crippen molar-refractivity contribution in [1.29, 1.82) is 0 Å². The first-order chi connectivity index (χ1) is 10.8. The molecule has 1 unspecified atom stereocenters. The van der Waals surface area contributed by atoms with E-state index in [1.54, 1.807) is 6.92 Å². The van der Waals surface area contributed by atoms with Crippen molar-refractivity contribution in [3.05, 3.63) is 23.8 Å². The molecule has 1 atom stereocenters. The Hall–Kier alpha value is -2.38.